The van der Waals surface area contributed by atoms with E-state index in [1.54, 1.807) is 18.6 Å². The predicted octanol–water partition coefficient (Wildman–Crippen LogP) is 4.05. The minimum Gasteiger partial charge on any atom is -0.492 e. The van der Waals surface area contributed by atoms with E-state index in [-0.39, 0.29) is 0 Å². The van der Waals surface area contributed by atoms with Gasteiger partial charge in [-0.1, -0.05) is 24.3 Å². The van der Waals surface area contributed by atoms with Gasteiger partial charge in [0.25, 0.3) is 0 Å². The molecule has 1 N–H and O–H groups in total. The van der Waals surface area contributed by atoms with Crippen LogP contribution in [-0.2, 0) is 6.54 Å². The maximum absolute atomic E-state index is 5.84. The molecule has 6 bridgehead atoms. The van der Waals surface area contributed by atoms with Crippen molar-refractivity contribution >= 4 is 11.6 Å². The Labute approximate surface area is 164 Å². The third kappa shape index (κ3) is 4.72. The summed E-state index contributed by atoms with van der Waals surface area (Å²) in [5, 5.41) is 3.30. The number of nitrogens with zero attached hydrogens (tertiary/aromatic N) is 4. The molecule has 6 nitrogen and oxygen atoms in total. The summed E-state index contributed by atoms with van der Waals surface area (Å²) in [6.07, 6.45) is 10.5. The summed E-state index contributed by atoms with van der Waals surface area (Å²) in [6.45, 7) is 2.37. The number of ether oxygens (including phenoxy) is 1. The van der Waals surface area contributed by atoms with Crippen LogP contribution in [0, 0.1) is 0 Å². The van der Waals surface area contributed by atoms with E-state index in [4.69, 9.17) is 4.74 Å². The lowest BCUT2D eigenvalue weighted by Crippen LogP contribution is -2.17. The molecule has 0 saturated heterocycles. The molecule has 3 heterocycles. The quantitative estimate of drug-likeness (QED) is 0.600. The zero-order valence-corrected chi connectivity index (χ0v) is 15.9. The first-order chi connectivity index (χ1) is 13.8. The van der Waals surface area contributed by atoms with E-state index in [2.05, 4.69) is 56.5 Å². The average molecular weight is 373 g/mol. The van der Waals surface area contributed by atoms with Crippen LogP contribution in [-0.4, -0.2) is 40.1 Å². The number of nitrogens with one attached hydrogen (secondary N) is 1. The first kappa shape index (κ1) is 18.1. The monoisotopic (exact) mass is 373 g/mol. The van der Waals surface area contributed by atoms with E-state index in [0.717, 1.165) is 42.2 Å². The first-order valence-corrected chi connectivity index (χ1v) is 9.37. The van der Waals surface area contributed by atoms with E-state index in [1.807, 2.05) is 24.3 Å². The molecule has 4 rings (SSSR count). The molecule has 0 fully saturated rings. The minimum absolute atomic E-state index is 0.554. The number of pyridine rings is 1. The van der Waals surface area contributed by atoms with E-state index in [9.17, 15) is 0 Å². The fourth-order valence-corrected chi connectivity index (χ4v) is 3.09. The Balaban J connectivity index is 1.67. The Bertz CT molecular complexity index is 972. The van der Waals surface area contributed by atoms with Crippen LogP contribution in [0.3, 0.4) is 0 Å². The van der Waals surface area contributed by atoms with Gasteiger partial charge in [-0.25, -0.2) is 9.97 Å². The molecule has 142 valence electrons. The highest BCUT2D eigenvalue weighted by molar-refractivity contribution is 5.62. The highest BCUT2D eigenvalue weighted by Gasteiger charge is 2.07. The molecule has 3 aromatic rings. The van der Waals surface area contributed by atoms with Crippen molar-refractivity contribution < 1.29 is 4.74 Å². The van der Waals surface area contributed by atoms with Gasteiger partial charge < -0.3 is 10.1 Å². The van der Waals surface area contributed by atoms with Gasteiger partial charge >= 0.3 is 0 Å². The molecule has 6 heteroatoms. The molecular formula is C22H23N5O. The zero-order valence-electron chi connectivity index (χ0n) is 15.9. The van der Waals surface area contributed by atoms with Crippen molar-refractivity contribution in [3.63, 3.8) is 0 Å². The number of anilines is 2. The zero-order chi connectivity index (χ0) is 19.2. The third-order valence-electron chi connectivity index (χ3n) is 4.44. The highest BCUT2D eigenvalue weighted by atomic mass is 16.5. The minimum atomic E-state index is 0.554. The standard InChI is InChI=1S/C22H23N5O/c1-27-10-3-2-4-11-28-20-13-18(14-23-15-20)21-8-9-24-22(26-21)25-19-7-5-6-17(12-19)16-27/h2-3,5-9,12-15H,4,10-11,16H2,1H3,(H,24,25,26)/b3-2+. The van der Waals surface area contributed by atoms with Gasteiger partial charge in [0.05, 0.1) is 18.5 Å². The summed E-state index contributed by atoms with van der Waals surface area (Å²) in [5.74, 6) is 1.29. The van der Waals surface area contributed by atoms with Crippen molar-refractivity contribution in [2.75, 3.05) is 25.5 Å². The topological polar surface area (TPSA) is 63.2 Å². The molecule has 1 aliphatic rings. The van der Waals surface area contributed by atoms with Gasteiger partial charge in [0, 0.05) is 36.7 Å². The lowest BCUT2D eigenvalue weighted by Gasteiger charge is -2.15. The largest absolute Gasteiger partial charge is 0.492 e. The summed E-state index contributed by atoms with van der Waals surface area (Å²) >= 11 is 0. The van der Waals surface area contributed by atoms with Crippen LogP contribution in [0.15, 0.2) is 67.1 Å². The van der Waals surface area contributed by atoms with Gasteiger partial charge in [0.1, 0.15) is 5.75 Å². The fourth-order valence-electron chi connectivity index (χ4n) is 3.09. The molecule has 0 atom stereocenters. The SMILES string of the molecule is CN1C/C=C/CCOc2cncc(c2)-c2ccnc(n2)Nc2cccc(c2)C1. The second kappa shape index (κ2) is 8.63. The van der Waals surface area contributed by atoms with Crippen LogP contribution < -0.4 is 10.1 Å². The van der Waals surface area contributed by atoms with Crippen LogP contribution in [0.1, 0.15) is 12.0 Å². The van der Waals surface area contributed by atoms with E-state index in [1.165, 1.54) is 5.56 Å². The van der Waals surface area contributed by atoms with Crippen molar-refractivity contribution in [2.24, 2.45) is 0 Å². The molecule has 0 aliphatic carbocycles. The van der Waals surface area contributed by atoms with Crippen molar-refractivity contribution in [1.29, 1.82) is 0 Å². The normalized spacial score (nSPS) is 16.2. The summed E-state index contributed by atoms with van der Waals surface area (Å²) in [4.78, 5) is 15.6. The number of likely N-dealkylation sites (N-methyl/N-ethyl adjacent to an activating group) is 1. The molecule has 0 saturated carbocycles. The van der Waals surface area contributed by atoms with E-state index >= 15 is 0 Å². The maximum Gasteiger partial charge on any atom is 0.227 e. The van der Waals surface area contributed by atoms with Crippen LogP contribution >= 0.6 is 0 Å². The number of fused-ring (bicyclic) bond motifs is 7. The highest BCUT2D eigenvalue weighted by Crippen LogP contribution is 2.23. The van der Waals surface area contributed by atoms with Crippen LogP contribution in [0.25, 0.3) is 11.3 Å². The Kier molecular flexibility index (Phi) is 5.58. The summed E-state index contributed by atoms with van der Waals surface area (Å²) in [6, 6.07) is 12.2. The third-order valence-corrected chi connectivity index (χ3v) is 4.44. The number of hydrogen-bond donors (Lipinski definition) is 1. The van der Waals surface area contributed by atoms with E-state index in [0.29, 0.717) is 12.6 Å². The van der Waals surface area contributed by atoms with Gasteiger partial charge in [-0.3, -0.25) is 9.88 Å². The lowest BCUT2D eigenvalue weighted by molar-refractivity contribution is 0.323. The molecule has 28 heavy (non-hydrogen) atoms. The summed E-state index contributed by atoms with van der Waals surface area (Å²) in [5.41, 5.74) is 3.90. The average Bonchev–Trinajstić information content (AvgIpc) is 2.71. The van der Waals surface area contributed by atoms with Crippen molar-refractivity contribution in [2.45, 2.75) is 13.0 Å². The number of rotatable bonds is 0. The second-order valence-electron chi connectivity index (χ2n) is 6.81. The molecule has 0 radical (unpaired) electrons. The van der Waals surface area contributed by atoms with Gasteiger partial charge in [0.15, 0.2) is 0 Å². The van der Waals surface area contributed by atoms with Crippen molar-refractivity contribution in [1.82, 2.24) is 19.9 Å². The van der Waals surface area contributed by atoms with Crippen LogP contribution in [0.5, 0.6) is 5.75 Å². The van der Waals surface area contributed by atoms with Gasteiger partial charge in [-0.05, 0) is 43.3 Å². The summed E-state index contributed by atoms with van der Waals surface area (Å²) in [7, 11) is 2.11. The first-order valence-electron chi connectivity index (χ1n) is 9.37. The molecule has 0 spiro atoms. The van der Waals surface area contributed by atoms with Crippen LogP contribution in [0.2, 0.25) is 0 Å². The summed E-state index contributed by atoms with van der Waals surface area (Å²) < 4.78 is 5.84. The van der Waals surface area contributed by atoms with E-state index < -0.39 is 0 Å². The Morgan fingerprint density at radius 1 is 1.11 bits per heavy atom. The Morgan fingerprint density at radius 3 is 3.04 bits per heavy atom. The second-order valence-corrected chi connectivity index (χ2v) is 6.81. The molecular weight excluding hydrogens is 350 g/mol. The van der Waals surface area contributed by atoms with Crippen molar-refractivity contribution in [3.05, 3.63) is 72.7 Å². The Morgan fingerprint density at radius 2 is 2.07 bits per heavy atom. The van der Waals surface area contributed by atoms with Crippen LogP contribution in [0.4, 0.5) is 11.6 Å². The van der Waals surface area contributed by atoms with Gasteiger partial charge in [0.2, 0.25) is 5.95 Å². The predicted molar refractivity (Wildman–Crippen MR) is 111 cm³/mol. The number of aromatic nitrogens is 3. The lowest BCUT2D eigenvalue weighted by atomic mass is 10.2. The smallest absolute Gasteiger partial charge is 0.227 e. The number of hydrogen-bond acceptors (Lipinski definition) is 6. The Hall–Kier alpha value is -3.25. The van der Waals surface area contributed by atoms with Gasteiger partial charge in [-0.15, -0.1) is 0 Å². The molecule has 0 amide bonds. The number of benzene rings is 1. The maximum atomic E-state index is 5.84. The molecule has 1 aliphatic heterocycles. The molecule has 2 aromatic heterocycles. The van der Waals surface area contributed by atoms with Gasteiger partial charge in [-0.2, -0.15) is 0 Å². The molecule has 1 aromatic carbocycles. The van der Waals surface area contributed by atoms with Crippen molar-refractivity contribution in [3.8, 4) is 17.0 Å². The fraction of sp³-hybridized carbons (Fsp3) is 0.227. The molecule has 0 unspecified atom stereocenters.